The van der Waals surface area contributed by atoms with E-state index in [2.05, 4.69) is 44.1 Å². The highest BCUT2D eigenvalue weighted by Gasteiger charge is 2.16. The Kier molecular flexibility index (Phi) is 2.97. The minimum Gasteiger partial charge on any atom is -0.346 e. The van der Waals surface area contributed by atoms with Crippen molar-refractivity contribution in [2.45, 2.75) is 25.8 Å². The number of aromatic nitrogens is 1. The number of rotatable bonds is 3. The summed E-state index contributed by atoms with van der Waals surface area (Å²) in [6, 6.07) is 4.73. The van der Waals surface area contributed by atoms with E-state index in [1.54, 1.807) is 0 Å². The van der Waals surface area contributed by atoms with E-state index in [0.717, 1.165) is 19.5 Å². The summed E-state index contributed by atoms with van der Waals surface area (Å²) in [6.45, 7) is 2.20. The Morgan fingerprint density at radius 1 is 1.41 bits per heavy atom. The molecule has 0 atom stereocenters. The van der Waals surface area contributed by atoms with Gasteiger partial charge in [0.1, 0.15) is 0 Å². The average Bonchev–Trinajstić information content (AvgIpc) is 2.66. The van der Waals surface area contributed by atoms with Gasteiger partial charge in [-0.3, -0.25) is 0 Å². The number of hydrogen-bond acceptors (Lipinski definition) is 1. The van der Waals surface area contributed by atoms with Crippen LogP contribution in [-0.4, -0.2) is 18.2 Å². The molecule has 0 radical (unpaired) electrons. The van der Waals surface area contributed by atoms with Crippen LogP contribution in [0, 0.1) is 0 Å². The zero-order chi connectivity index (χ0) is 11.8. The summed E-state index contributed by atoms with van der Waals surface area (Å²) in [5.74, 6) is 0. The standard InChI is InChI=1S/C14H17BrN2/c1-16-5-4-10-7-11-3-2-6-17-9-13(15)12(8-10)14(11)17/h7-9,16H,2-6H2,1H3. The summed E-state index contributed by atoms with van der Waals surface area (Å²) >= 11 is 3.69. The lowest BCUT2D eigenvalue weighted by atomic mass is 9.99. The van der Waals surface area contributed by atoms with E-state index in [4.69, 9.17) is 0 Å². The Bertz CT molecular complexity index is 557. The second-order valence-corrected chi connectivity index (χ2v) is 5.63. The number of halogens is 1. The van der Waals surface area contributed by atoms with Gasteiger partial charge in [0.15, 0.2) is 0 Å². The van der Waals surface area contributed by atoms with Gasteiger partial charge in [-0.15, -0.1) is 0 Å². The van der Waals surface area contributed by atoms with Gasteiger partial charge < -0.3 is 9.88 Å². The van der Waals surface area contributed by atoms with E-state index in [1.165, 1.54) is 39.3 Å². The fourth-order valence-electron chi connectivity index (χ4n) is 2.77. The molecular formula is C14H17BrN2. The summed E-state index contributed by atoms with van der Waals surface area (Å²) < 4.78 is 3.63. The highest BCUT2D eigenvalue weighted by Crippen LogP contribution is 2.33. The molecule has 3 heteroatoms. The van der Waals surface area contributed by atoms with Gasteiger partial charge in [-0.2, -0.15) is 0 Å². The third kappa shape index (κ3) is 1.91. The molecule has 0 spiro atoms. The quantitative estimate of drug-likeness (QED) is 0.920. The summed E-state index contributed by atoms with van der Waals surface area (Å²) in [7, 11) is 2.01. The maximum atomic E-state index is 3.69. The Morgan fingerprint density at radius 2 is 2.29 bits per heavy atom. The Labute approximate surface area is 110 Å². The molecular weight excluding hydrogens is 276 g/mol. The summed E-state index contributed by atoms with van der Waals surface area (Å²) in [4.78, 5) is 0. The Hall–Kier alpha value is -0.800. The first-order valence-corrected chi connectivity index (χ1v) is 7.03. The largest absolute Gasteiger partial charge is 0.346 e. The maximum Gasteiger partial charge on any atom is 0.0524 e. The molecule has 0 bridgehead atoms. The fourth-order valence-corrected chi connectivity index (χ4v) is 3.32. The molecule has 1 N–H and O–H groups in total. The fraction of sp³-hybridized carbons (Fsp3) is 0.429. The Morgan fingerprint density at radius 3 is 3.12 bits per heavy atom. The van der Waals surface area contributed by atoms with Crippen molar-refractivity contribution in [3.8, 4) is 0 Å². The molecule has 0 fully saturated rings. The van der Waals surface area contributed by atoms with Crippen LogP contribution in [0.25, 0.3) is 10.9 Å². The van der Waals surface area contributed by atoms with Gasteiger partial charge in [0.25, 0.3) is 0 Å². The van der Waals surface area contributed by atoms with Gasteiger partial charge in [-0.05, 0) is 66.0 Å². The number of nitrogens with one attached hydrogen (secondary N) is 1. The maximum absolute atomic E-state index is 3.69. The molecule has 1 aliphatic rings. The van der Waals surface area contributed by atoms with Crippen LogP contribution in [0.2, 0.25) is 0 Å². The number of aryl methyl sites for hydroxylation is 2. The van der Waals surface area contributed by atoms with Crippen LogP contribution < -0.4 is 5.32 Å². The van der Waals surface area contributed by atoms with E-state index in [1.807, 2.05) is 7.05 Å². The predicted molar refractivity (Wildman–Crippen MR) is 75.6 cm³/mol. The first-order valence-electron chi connectivity index (χ1n) is 6.24. The molecule has 3 rings (SSSR count). The lowest BCUT2D eigenvalue weighted by molar-refractivity contribution is 0.634. The van der Waals surface area contributed by atoms with Gasteiger partial charge in [0, 0.05) is 22.6 Å². The molecule has 2 nitrogen and oxygen atoms in total. The summed E-state index contributed by atoms with van der Waals surface area (Å²) in [5.41, 5.74) is 4.41. The van der Waals surface area contributed by atoms with Crippen LogP contribution in [0.15, 0.2) is 22.8 Å². The normalized spacial score (nSPS) is 14.5. The molecule has 1 aromatic carbocycles. The van der Waals surface area contributed by atoms with Gasteiger partial charge in [-0.1, -0.05) is 6.07 Å². The molecule has 1 aromatic heterocycles. The molecule has 90 valence electrons. The molecule has 0 aliphatic carbocycles. The zero-order valence-corrected chi connectivity index (χ0v) is 11.7. The van der Waals surface area contributed by atoms with Gasteiger partial charge >= 0.3 is 0 Å². The summed E-state index contributed by atoms with van der Waals surface area (Å²) in [5, 5.41) is 4.60. The lowest BCUT2D eigenvalue weighted by Crippen LogP contribution is -2.11. The van der Waals surface area contributed by atoms with E-state index in [9.17, 15) is 0 Å². The van der Waals surface area contributed by atoms with Crippen molar-refractivity contribution in [2.75, 3.05) is 13.6 Å². The molecule has 0 unspecified atom stereocenters. The Balaban J connectivity index is 2.14. The third-order valence-corrected chi connectivity index (χ3v) is 4.20. The topological polar surface area (TPSA) is 17.0 Å². The number of hydrogen-bond donors (Lipinski definition) is 1. The smallest absolute Gasteiger partial charge is 0.0524 e. The van der Waals surface area contributed by atoms with E-state index in [-0.39, 0.29) is 0 Å². The van der Waals surface area contributed by atoms with Crippen LogP contribution in [0.5, 0.6) is 0 Å². The molecule has 17 heavy (non-hydrogen) atoms. The van der Waals surface area contributed by atoms with Crippen LogP contribution in [-0.2, 0) is 19.4 Å². The second kappa shape index (κ2) is 4.46. The monoisotopic (exact) mass is 292 g/mol. The first kappa shape index (κ1) is 11.3. The van der Waals surface area contributed by atoms with Gasteiger partial charge in [0.05, 0.1) is 5.52 Å². The van der Waals surface area contributed by atoms with Crippen LogP contribution >= 0.6 is 15.9 Å². The van der Waals surface area contributed by atoms with Crippen LogP contribution in [0.1, 0.15) is 17.5 Å². The van der Waals surface area contributed by atoms with Crippen molar-refractivity contribution in [2.24, 2.45) is 0 Å². The van der Waals surface area contributed by atoms with Crippen molar-refractivity contribution in [1.29, 1.82) is 0 Å². The van der Waals surface area contributed by atoms with Gasteiger partial charge in [0.2, 0.25) is 0 Å². The number of benzene rings is 1. The van der Waals surface area contributed by atoms with Crippen LogP contribution in [0.4, 0.5) is 0 Å². The minimum absolute atomic E-state index is 1.04. The van der Waals surface area contributed by atoms with Gasteiger partial charge in [-0.25, -0.2) is 0 Å². The van der Waals surface area contributed by atoms with E-state index in [0.29, 0.717) is 0 Å². The highest BCUT2D eigenvalue weighted by molar-refractivity contribution is 9.10. The SMILES string of the molecule is CNCCc1cc2c3c(c1)c(Br)cn3CCC2. The van der Waals surface area contributed by atoms with Crippen molar-refractivity contribution in [3.05, 3.63) is 33.9 Å². The van der Waals surface area contributed by atoms with Crippen molar-refractivity contribution >= 4 is 26.8 Å². The molecule has 1 aliphatic heterocycles. The highest BCUT2D eigenvalue weighted by atomic mass is 79.9. The third-order valence-electron chi connectivity index (χ3n) is 3.57. The van der Waals surface area contributed by atoms with Crippen molar-refractivity contribution in [1.82, 2.24) is 9.88 Å². The minimum atomic E-state index is 1.04. The lowest BCUT2D eigenvalue weighted by Gasteiger charge is -2.16. The predicted octanol–water partition coefficient (Wildman–Crippen LogP) is 3.11. The van der Waals surface area contributed by atoms with E-state index >= 15 is 0 Å². The molecule has 0 saturated heterocycles. The first-order chi connectivity index (χ1) is 8.29. The number of likely N-dealkylation sites (N-methyl/N-ethyl adjacent to an activating group) is 1. The number of nitrogens with zero attached hydrogens (tertiary/aromatic N) is 1. The average molecular weight is 293 g/mol. The van der Waals surface area contributed by atoms with Crippen molar-refractivity contribution < 1.29 is 0 Å². The molecule has 0 amide bonds. The zero-order valence-electron chi connectivity index (χ0n) is 10.1. The van der Waals surface area contributed by atoms with Crippen molar-refractivity contribution in [3.63, 3.8) is 0 Å². The second-order valence-electron chi connectivity index (χ2n) is 4.78. The van der Waals surface area contributed by atoms with Crippen LogP contribution in [0.3, 0.4) is 0 Å². The molecule has 2 aromatic rings. The summed E-state index contributed by atoms with van der Waals surface area (Å²) in [6.07, 6.45) is 5.82. The van der Waals surface area contributed by atoms with E-state index < -0.39 is 0 Å². The molecule has 2 heterocycles. The molecule has 0 saturated carbocycles.